The monoisotopic (exact) mass is 232 g/mol. The van der Waals surface area contributed by atoms with E-state index in [0.717, 1.165) is 0 Å². The molecule has 0 saturated heterocycles. The molecule has 0 N–H and O–H groups in total. The van der Waals surface area contributed by atoms with E-state index in [1.807, 2.05) is 0 Å². The van der Waals surface area contributed by atoms with Crippen LogP contribution in [0.2, 0.25) is 0 Å². The summed E-state index contributed by atoms with van der Waals surface area (Å²) < 4.78 is 75.0. The van der Waals surface area contributed by atoms with Crippen LogP contribution in [0.4, 0.5) is 26.3 Å². The summed E-state index contributed by atoms with van der Waals surface area (Å²) >= 11 is 0. The molecule has 1 aliphatic carbocycles. The Bertz CT molecular complexity index is 255. The Labute approximate surface area is 83.0 Å². The van der Waals surface area contributed by atoms with Crippen molar-refractivity contribution in [3.8, 4) is 0 Å². The molecule has 0 aliphatic heterocycles. The van der Waals surface area contributed by atoms with E-state index in [-0.39, 0.29) is 12.0 Å². The smallest absolute Gasteiger partial charge is 0.170 e. The molecule has 1 rings (SSSR count). The Morgan fingerprint density at radius 1 is 1.07 bits per heavy atom. The van der Waals surface area contributed by atoms with E-state index < -0.39 is 24.2 Å². The van der Waals surface area contributed by atoms with Gasteiger partial charge in [0.05, 0.1) is 0 Å². The third kappa shape index (κ3) is 1.99. The van der Waals surface area contributed by atoms with Crippen LogP contribution in [0.25, 0.3) is 0 Å². The molecule has 1 aliphatic rings. The second-order valence-electron chi connectivity index (χ2n) is 3.81. The fourth-order valence-electron chi connectivity index (χ4n) is 1.82. The number of hydrogen-bond donors (Lipinski definition) is 0. The van der Waals surface area contributed by atoms with Crippen molar-refractivity contribution < 1.29 is 26.3 Å². The topological polar surface area (TPSA) is 0 Å². The van der Waals surface area contributed by atoms with E-state index in [1.54, 1.807) is 0 Å². The minimum Gasteiger partial charge on any atom is -0.170 e. The first-order valence-corrected chi connectivity index (χ1v) is 4.42. The van der Waals surface area contributed by atoms with E-state index in [2.05, 4.69) is 0 Å². The van der Waals surface area contributed by atoms with Crippen molar-refractivity contribution in [2.45, 2.75) is 38.5 Å². The molecule has 0 amide bonds. The van der Waals surface area contributed by atoms with Crippen molar-refractivity contribution in [1.82, 2.24) is 0 Å². The molecule has 0 bridgehead atoms. The predicted molar refractivity (Wildman–Crippen MR) is 42.2 cm³/mol. The van der Waals surface area contributed by atoms with E-state index in [4.69, 9.17) is 0 Å². The third-order valence-corrected chi connectivity index (χ3v) is 2.65. The largest absolute Gasteiger partial charge is 0.406 e. The molecule has 0 spiro atoms. The van der Waals surface area contributed by atoms with Crippen LogP contribution >= 0.6 is 0 Å². The molecule has 0 heterocycles. The lowest BCUT2D eigenvalue weighted by Gasteiger charge is -2.37. The van der Waals surface area contributed by atoms with Crippen LogP contribution in [-0.4, -0.2) is 12.4 Å². The lowest BCUT2D eigenvalue weighted by atomic mass is 9.75. The SMILES string of the molecule is CC1=CC(C(F)(F)F)(C(F)(F)F)CCC1. The Balaban J connectivity index is 3.26. The second kappa shape index (κ2) is 3.42. The Kier molecular flexibility index (Phi) is 2.82. The van der Waals surface area contributed by atoms with Crippen LogP contribution in [0.15, 0.2) is 11.6 Å². The second-order valence-corrected chi connectivity index (χ2v) is 3.81. The molecule has 0 fully saturated rings. The van der Waals surface area contributed by atoms with Gasteiger partial charge in [-0.2, -0.15) is 26.3 Å². The van der Waals surface area contributed by atoms with Gasteiger partial charge < -0.3 is 0 Å². The molecule has 0 aromatic carbocycles. The summed E-state index contributed by atoms with van der Waals surface area (Å²) in [7, 11) is 0. The molecule has 0 nitrogen and oxygen atoms in total. The van der Waals surface area contributed by atoms with E-state index in [9.17, 15) is 26.3 Å². The normalized spacial score (nSPS) is 22.5. The first kappa shape index (κ1) is 12.4. The highest BCUT2D eigenvalue weighted by Crippen LogP contribution is 2.56. The van der Waals surface area contributed by atoms with Crippen LogP contribution in [0.1, 0.15) is 26.2 Å². The summed E-state index contributed by atoms with van der Waals surface area (Å²) in [5, 5.41) is 0. The maximum Gasteiger partial charge on any atom is 0.406 e. The van der Waals surface area contributed by atoms with Crippen molar-refractivity contribution in [3.05, 3.63) is 11.6 Å². The molecular formula is C9H10F6. The quantitative estimate of drug-likeness (QED) is 0.433. The van der Waals surface area contributed by atoms with Crippen LogP contribution in [0, 0.1) is 5.41 Å². The van der Waals surface area contributed by atoms with E-state index in [0.29, 0.717) is 12.5 Å². The van der Waals surface area contributed by atoms with Crippen LogP contribution in [-0.2, 0) is 0 Å². The summed E-state index contributed by atoms with van der Waals surface area (Å²) in [5.41, 5.74) is -3.49. The summed E-state index contributed by atoms with van der Waals surface area (Å²) in [6, 6.07) is 0. The molecule has 0 aromatic heterocycles. The zero-order valence-corrected chi connectivity index (χ0v) is 7.97. The van der Waals surface area contributed by atoms with Gasteiger partial charge in [0.2, 0.25) is 0 Å². The number of rotatable bonds is 0. The highest BCUT2D eigenvalue weighted by Gasteiger charge is 2.69. The minimum absolute atomic E-state index is 0.0820. The Morgan fingerprint density at radius 2 is 1.53 bits per heavy atom. The van der Waals surface area contributed by atoms with Gasteiger partial charge in [0.15, 0.2) is 5.41 Å². The van der Waals surface area contributed by atoms with Crippen LogP contribution in [0.5, 0.6) is 0 Å². The highest BCUT2D eigenvalue weighted by atomic mass is 19.4. The van der Waals surface area contributed by atoms with Gasteiger partial charge >= 0.3 is 12.4 Å². The van der Waals surface area contributed by atoms with E-state index in [1.165, 1.54) is 6.92 Å². The molecule has 0 saturated carbocycles. The molecular weight excluding hydrogens is 222 g/mol. The van der Waals surface area contributed by atoms with Gasteiger partial charge in [0.25, 0.3) is 0 Å². The number of allylic oxidation sites excluding steroid dienone is 2. The first-order valence-electron chi connectivity index (χ1n) is 4.42. The van der Waals surface area contributed by atoms with Crippen LogP contribution in [0.3, 0.4) is 0 Å². The Hall–Kier alpha value is -0.680. The summed E-state index contributed by atoms with van der Waals surface area (Å²) in [6.07, 6.45) is -10.9. The number of hydrogen-bond acceptors (Lipinski definition) is 0. The van der Waals surface area contributed by atoms with Crippen molar-refractivity contribution in [2.24, 2.45) is 5.41 Å². The fraction of sp³-hybridized carbons (Fsp3) is 0.778. The van der Waals surface area contributed by atoms with Gasteiger partial charge in [-0.05, 0) is 26.2 Å². The zero-order chi connectivity index (χ0) is 11.9. The zero-order valence-electron chi connectivity index (χ0n) is 7.97. The predicted octanol–water partition coefficient (Wildman–Crippen LogP) is 4.23. The standard InChI is InChI=1S/C9H10F6/c1-6-3-2-4-7(5-6,8(10,11)12)9(13,14)15/h5H,2-4H2,1H3. The minimum atomic E-state index is -5.27. The van der Waals surface area contributed by atoms with Gasteiger partial charge in [0, 0.05) is 0 Å². The molecule has 0 atom stereocenters. The summed E-state index contributed by atoms with van der Waals surface area (Å²) in [6.45, 7) is 1.30. The maximum atomic E-state index is 12.5. The molecule has 88 valence electrons. The fourth-order valence-corrected chi connectivity index (χ4v) is 1.82. The number of alkyl halides is 6. The molecule has 0 radical (unpaired) electrons. The van der Waals surface area contributed by atoms with Crippen LogP contribution < -0.4 is 0 Å². The molecule has 0 aromatic rings. The van der Waals surface area contributed by atoms with Crippen molar-refractivity contribution in [1.29, 1.82) is 0 Å². The molecule has 0 unspecified atom stereocenters. The van der Waals surface area contributed by atoms with Crippen molar-refractivity contribution in [2.75, 3.05) is 0 Å². The summed E-state index contributed by atoms with van der Waals surface area (Å²) in [5.74, 6) is 0. The van der Waals surface area contributed by atoms with Crippen molar-refractivity contribution in [3.63, 3.8) is 0 Å². The van der Waals surface area contributed by atoms with Gasteiger partial charge in [-0.25, -0.2) is 0 Å². The lowest BCUT2D eigenvalue weighted by molar-refractivity contribution is -0.325. The van der Waals surface area contributed by atoms with Crippen molar-refractivity contribution >= 4 is 0 Å². The maximum absolute atomic E-state index is 12.5. The van der Waals surface area contributed by atoms with Gasteiger partial charge in [-0.15, -0.1) is 0 Å². The third-order valence-electron chi connectivity index (χ3n) is 2.65. The average Bonchev–Trinajstić information content (AvgIpc) is 1.99. The van der Waals surface area contributed by atoms with Gasteiger partial charge in [-0.3, -0.25) is 0 Å². The first-order chi connectivity index (χ1) is 6.60. The summed E-state index contributed by atoms with van der Waals surface area (Å²) in [4.78, 5) is 0. The number of halogens is 6. The molecule has 15 heavy (non-hydrogen) atoms. The highest BCUT2D eigenvalue weighted by molar-refractivity contribution is 5.17. The van der Waals surface area contributed by atoms with Gasteiger partial charge in [0.1, 0.15) is 0 Å². The lowest BCUT2D eigenvalue weighted by Crippen LogP contribution is -2.49. The van der Waals surface area contributed by atoms with E-state index >= 15 is 0 Å². The van der Waals surface area contributed by atoms with Gasteiger partial charge in [-0.1, -0.05) is 11.6 Å². The molecule has 6 heteroatoms. The average molecular weight is 232 g/mol. The Morgan fingerprint density at radius 3 is 1.80 bits per heavy atom.